The molecule has 0 bridgehead atoms. The van der Waals surface area contributed by atoms with Crippen LogP contribution in [0.5, 0.6) is 5.75 Å². The van der Waals surface area contributed by atoms with Crippen molar-refractivity contribution < 1.29 is 24.3 Å². The summed E-state index contributed by atoms with van der Waals surface area (Å²) in [4.78, 5) is 21.7. The molecule has 1 aromatic carbocycles. The van der Waals surface area contributed by atoms with Gasteiger partial charge < -0.3 is 14.6 Å². The molecular weight excluding hydrogens is 290 g/mol. The molecule has 7 nitrogen and oxygen atoms in total. The van der Waals surface area contributed by atoms with Crippen LogP contribution in [0.1, 0.15) is 12.5 Å². The number of aliphatic hydroxyl groups excluding tert-OH is 1. The van der Waals surface area contributed by atoms with Crippen LogP contribution >= 0.6 is 0 Å². The molecule has 0 saturated carbocycles. The number of esters is 1. The van der Waals surface area contributed by atoms with Crippen molar-refractivity contribution in [2.75, 3.05) is 13.2 Å². The van der Waals surface area contributed by atoms with Gasteiger partial charge in [-0.05, 0) is 13.0 Å². The molecule has 0 aliphatic rings. The maximum absolute atomic E-state index is 11.5. The number of nitrogens with zero attached hydrogens (tertiary/aromatic N) is 1. The quantitative estimate of drug-likeness (QED) is 0.340. The lowest BCUT2D eigenvalue weighted by molar-refractivity contribution is -0.432. The van der Waals surface area contributed by atoms with Crippen LogP contribution in [0.2, 0.25) is 0 Å². The van der Waals surface area contributed by atoms with E-state index in [0.717, 1.165) is 6.08 Å². The standard InChI is InChI=1S/C15H17NO6/c1-3-9-22-13-8-6-5-7-11(13)10-12(16(19)20)14(17)15(18)21-4-2/h3,5-8,10,14,17H,1,4,9H2,2H3/b12-10-. The van der Waals surface area contributed by atoms with E-state index < -0.39 is 22.7 Å². The first-order valence-corrected chi connectivity index (χ1v) is 6.54. The van der Waals surface area contributed by atoms with E-state index in [1.807, 2.05) is 0 Å². The van der Waals surface area contributed by atoms with Gasteiger partial charge in [0.2, 0.25) is 6.10 Å². The molecule has 1 unspecified atom stereocenters. The van der Waals surface area contributed by atoms with E-state index in [1.54, 1.807) is 31.2 Å². The zero-order valence-corrected chi connectivity index (χ0v) is 12.1. The minimum absolute atomic E-state index is 0.0138. The van der Waals surface area contributed by atoms with Crippen molar-refractivity contribution in [2.45, 2.75) is 13.0 Å². The Kier molecular flexibility index (Phi) is 6.78. The molecular formula is C15H17NO6. The van der Waals surface area contributed by atoms with Gasteiger partial charge in [-0.2, -0.15) is 0 Å². The molecule has 1 rings (SSSR count). The third-order valence-electron chi connectivity index (χ3n) is 2.58. The molecule has 0 aliphatic heterocycles. The number of hydrogen-bond donors (Lipinski definition) is 1. The van der Waals surface area contributed by atoms with E-state index >= 15 is 0 Å². The number of benzene rings is 1. The summed E-state index contributed by atoms with van der Waals surface area (Å²) in [5.74, 6) is -0.701. The van der Waals surface area contributed by atoms with Crippen LogP contribution in [0.25, 0.3) is 6.08 Å². The van der Waals surface area contributed by atoms with E-state index in [9.17, 15) is 20.0 Å². The van der Waals surface area contributed by atoms with Crippen LogP contribution in [0, 0.1) is 10.1 Å². The van der Waals surface area contributed by atoms with Crippen LogP contribution in [0.4, 0.5) is 0 Å². The summed E-state index contributed by atoms with van der Waals surface area (Å²) in [6.45, 7) is 5.29. The van der Waals surface area contributed by atoms with Crippen LogP contribution in [0.3, 0.4) is 0 Å². The number of carbonyl (C=O) groups excluding carboxylic acids is 1. The normalized spacial score (nSPS) is 12.4. The Morgan fingerprint density at radius 2 is 2.18 bits per heavy atom. The van der Waals surface area contributed by atoms with Gasteiger partial charge in [0.05, 0.1) is 11.5 Å². The van der Waals surface area contributed by atoms with Crippen molar-refractivity contribution in [3.8, 4) is 5.75 Å². The fourth-order valence-electron chi connectivity index (χ4n) is 1.61. The molecule has 7 heteroatoms. The zero-order valence-electron chi connectivity index (χ0n) is 12.1. The zero-order chi connectivity index (χ0) is 16.5. The fourth-order valence-corrected chi connectivity index (χ4v) is 1.61. The Morgan fingerprint density at radius 1 is 1.50 bits per heavy atom. The van der Waals surface area contributed by atoms with E-state index in [2.05, 4.69) is 11.3 Å². The summed E-state index contributed by atoms with van der Waals surface area (Å²) in [5, 5.41) is 20.9. The molecule has 0 fully saturated rings. The van der Waals surface area contributed by atoms with Crippen LogP contribution in [0.15, 0.2) is 42.6 Å². The van der Waals surface area contributed by atoms with Gasteiger partial charge in [0, 0.05) is 11.6 Å². The Hall–Kier alpha value is -2.67. The molecule has 1 aromatic rings. The third kappa shape index (κ3) is 4.71. The number of para-hydroxylation sites is 1. The number of hydrogen-bond acceptors (Lipinski definition) is 6. The summed E-state index contributed by atoms with van der Waals surface area (Å²) < 4.78 is 9.96. The maximum atomic E-state index is 11.5. The van der Waals surface area contributed by atoms with Crippen LogP contribution in [-0.2, 0) is 9.53 Å². The number of carbonyl (C=O) groups is 1. The number of nitro groups is 1. The van der Waals surface area contributed by atoms with Crippen molar-refractivity contribution in [1.82, 2.24) is 0 Å². The van der Waals surface area contributed by atoms with Crippen molar-refractivity contribution in [3.63, 3.8) is 0 Å². The molecule has 0 aromatic heterocycles. The highest BCUT2D eigenvalue weighted by Gasteiger charge is 2.31. The molecule has 118 valence electrons. The Morgan fingerprint density at radius 3 is 2.77 bits per heavy atom. The Bertz CT molecular complexity index is 581. The predicted octanol–water partition coefficient (Wildman–Crippen LogP) is 1.79. The molecule has 0 spiro atoms. The van der Waals surface area contributed by atoms with Gasteiger partial charge in [-0.25, -0.2) is 4.79 Å². The molecule has 1 atom stereocenters. The lowest BCUT2D eigenvalue weighted by atomic mass is 10.1. The number of aliphatic hydroxyl groups is 1. The van der Waals surface area contributed by atoms with Crippen LogP contribution < -0.4 is 4.74 Å². The molecule has 0 radical (unpaired) electrons. The summed E-state index contributed by atoms with van der Waals surface area (Å²) >= 11 is 0. The van der Waals surface area contributed by atoms with Gasteiger partial charge in [0.1, 0.15) is 12.4 Å². The number of ether oxygens (including phenoxy) is 2. The summed E-state index contributed by atoms with van der Waals surface area (Å²) in [6.07, 6.45) is 0.643. The first kappa shape index (κ1) is 17.4. The maximum Gasteiger partial charge on any atom is 0.346 e. The van der Waals surface area contributed by atoms with Crippen molar-refractivity contribution in [2.24, 2.45) is 0 Å². The lowest BCUT2D eigenvalue weighted by Gasteiger charge is -2.09. The largest absolute Gasteiger partial charge is 0.489 e. The van der Waals surface area contributed by atoms with Gasteiger partial charge in [-0.1, -0.05) is 30.9 Å². The highest BCUT2D eigenvalue weighted by atomic mass is 16.6. The molecule has 0 saturated heterocycles. The van der Waals surface area contributed by atoms with Gasteiger partial charge in [-0.3, -0.25) is 10.1 Å². The van der Waals surface area contributed by atoms with Gasteiger partial charge in [0.15, 0.2) is 0 Å². The molecule has 0 heterocycles. The van der Waals surface area contributed by atoms with Gasteiger partial charge in [-0.15, -0.1) is 0 Å². The highest BCUT2D eigenvalue weighted by molar-refractivity contribution is 5.79. The first-order chi connectivity index (χ1) is 10.5. The second-order valence-electron chi connectivity index (χ2n) is 4.12. The smallest absolute Gasteiger partial charge is 0.346 e. The summed E-state index contributed by atoms with van der Waals surface area (Å²) in [6, 6.07) is 6.54. The lowest BCUT2D eigenvalue weighted by Crippen LogP contribution is -2.28. The van der Waals surface area contributed by atoms with E-state index in [4.69, 9.17) is 4.74 Å². The average Bonchev–Trinajstić information content (AvgIpc) is 2.50. The predicted molar refractivity (Wildman–Crippen MR) is 79.7 cm³/mol. The van der Waals surface area contributed by atoms with Gasteiger partial charge >= 0.3 is 5.97 Å². The van der Waals surface area contributed by atoms with E-state index in [-0.39, 0.29) is 13.2 Å². The van der Waals surface area contributed by atoms with E-state index in [1.165, 1.54) is 6.08 Å². The molecule has 0 amide bonds. The van der Waals surface area contributed by atoms with Crippen LogP contribution in [-0.4, -0.2) is 35.3 Å². The van der Waals surface area contributed by atoms with Crippen molar-refractivity contribution in [1.29, 1.82) is 0 Å². The number of rotatable bonds is 8. The average molecular weight is 307 g/mol. The SMILES string of the molecule is C=CCOc1ccccc1/C=C(/C(O)C(=O)OCC)[N+](=O)[O-]. The fraction of sp³-hybridized carbons (Fsp3) is 0.267. The topological polar surface area (TPSA) is 98.9 Å². The highest BCUT2D eigenvalue weighted by Crippen LogP contribution is 2.22. The third-order valence-corrected chi connectivity index (χ3v) is 2.58. The molecule has 0 aliphatic carbocycles. The summed E-state index contributed by atoms with van der Waals surface area (Å²) in [7, 11) is 0. The second kappa shape index (κ2) is 8.58. The summed E-state index contributed by atoms with van der Waals surface area (Å²) in [5.41, 5.74) is -0.326. The van der Waals surface area contributed by atoms with Gasteiger partial charge in [0.25, 0.3) is 5.70 Å². The second-order valence-corrected chi connectivity index (χ2v) is 4.12. The molecule has 1 N–H and O–H groups in total. The minimum atomic E-state index is -1.97. The Labute approximate surface area is 127 Å². The van der Waals surface area contributed by atoms with Crippen molar-refractivity contribution >= 4 is 12.0 Å². The van der Waals surface area contributed by atoms with Crippen molar-refractivity contribution in [3.05, 3.63) is 58.3 Å². The van der Waals surface area contributed by atoms with E-state index in [0.29, 0.717) is 11.3 Å². The minimum Gasteiger partial charge on any atom is -0.489 e. The molecule has 22 heavy (non-hydrogen) atoms. The monoisotopic (exact) mass is 307 g/mol. The first-order valence-electron chi connectivity index (χ1n) is 6.54. The Balaban J connectivity index is 3.16.